The minimum Gasteiger partial charge on any atom is -0.330 e. The number of fused-ring (bicyclic) bond motifs is 1. The van der Waals surface area contributed by atoms with E-state index in [2.05, 4.69) is 10.2 Å². The molecule has 0 saturated carbocycles. The molecular formula is C7H11N3O. The van der Waals surface area contributed by atoms with Gasteiger partial charge in [-0.05, 0) is 12.8 Å². The molecular weight excluding hydrogens is 142 g/mol. The fraction of sp³-hybridized carbons (Fsp3) is 0.571. The molecule has 4 N–H and O–H groups in total. The van der Waals surface area contributed by atoms with Gasteiger partial charge in [-0.3, -0.25) is 9.89 Å². The maximum Gasteiger partial charge on any atom is 0.267 e. The highest BCUT2D eigenvalue weighted by Crippen LogP contribution is 2.27. The van der Waals surface area contributed by atoms with Gasteiger partial charge in [-0.25, -0.2) is 0 Å². The van der Waals surface area contributed by atoms with Crippen LogP contribution in [0.5, 0.6) is 0 Å². The molecule has 1 aliphatic rings. The zero-order valence-electron chi connectivity index (χ0n) is 6.18. The maximum absolute atomic E-state index is 11.0. The Labute approximate surface area is 63.8 Å². The van der Waals surface area contributed by atoms with Crippen molar-refractivity contribution in [2.75, 3.05) is 6.54 Å². The van der Waals surface area contributed by atoms with Crippen molar-refractivity contribution in [3.8, 4) is 0 Å². The van der Waals surface area contributed by atoms with Crippen LogP contribution in [0.2, 0.25) is 0 Å². The lowest BCUT2D eigenvalue weighted by atomic mass is 10.1. The van der Waals surface area contributed by atoms with Crippen molar-refractivity contribution in [2.45, 2.75) is 18.8 Å². The van der Waals surface area contributed by atoms with E-state index in [9.17, 15) is 4.79 Å². The van der Waals surface area contributed by atoms with Crippen molar-refractivity contribution < 1.29 is 0 Å². The summed E-state index contributed by atoms with van der Waals surface area (Å²) >= 11 is 0. The van der Waals surface area contributed by atoms with Crippen LogP contribution in [0.4, 0.5) is 0 Å². The molecule has 0 aliphatic heterocycles. The summed E-state index contributed by atoms with van der Waals surface area (Å²) in [4.78, 5) is 11.0. The van der Waals surface area contributed by atoms with Gasteiger partial charge in [0, 0.05) is 23.7 Å². The van der Waals surface area contributed by atoms with E-state index in [0.717, 1.165) is 24.1 Å². The van der Waals surface area contributed by atoms with Crippen molar-refractivity contribution in [1.82, 2.24) is 10.2 Å². The predicted molar refractivity (Wildman–Crippen MR) is 41.5 cm³/mol. The van der Waals surface area contributed by atoms with Crippen LogP contribution in [-0.2, 0) is 6.42 Å². The summed E-state index contributed by atoms with van der Waals surface area (Å²) in [6.07, 6.45) is 1.89. The Balaban J connectivity index is 2.48. The number of nitrogens with one attached hydrogen (secondary N) is 2. The number of hydrogen-bond acceptors (Lipinski definition) is 2. The van der Waals surface area contributed by atoms with Crippen LogP contribution >= 0.6 is 0 Å². The lowest BCUT2D eigenvalue weighted by Gasteiger charge is -2.02. The first-order valence-corrected chi connectivity index (χ1v) is 3.82. The molecule has 1 aromatic rings. The lowest BCUT2D eigenvalue weighted by Crippen LogP contribution is -2.09. The van der Waals surface area contributed by atoms with Gasteiger partial charge in [0.05, 0.1) is 0 Å². The monoisotopic (exact) mass is 153 g/mol. The van der Waals surface area contributed by atoms with Gasteiger partial charge in [0.2, 0.25) is 0 Å². The molecule has 4 heteroatoms. The van der Waals surface area contributed by atoms with Crippen LogP contribution < -0.4 is 11.3 Å². The topological polar surface area (TPSA) is 74.7 Å². The largest absolute Gasteiger partial charge is 0.330 e. The molecule has 2 rings (SSSR count). The van der Waals surface area contributed by atoms with Crippen molar-refractivity contribution in [3.05, 3.63) is 21.6 Å². The molecule has 0 bridgehead atoms. The van der Waals surface area contributed by atoms with Crippen molar-refractivity contribution in [2.24, 2.45) is 5.73 Å². The molecule has 1 heterocycles. The molecule has 1 atom stereocenters. The summed E-state index contributed by atoms with van der Waals surface area (Å²) in [5, 5.41) is 5.44. The van der Waals surface area contributed by atoms with Gasteiger partial charge < -0.3 is 10.8 Å². The Hall–Kier alpha value is -1.03. The second-order valence-electron chi connectivity index (χ2n) is 2.94. The Morgan fingerprint density at radius 3 is 3.09 bits per heavy atom. The third-order valence-electron chi connectivity index (χ3n) is 2.35. The lowest BCUT2D eigenvalue weighted by molar-refractivity contribution is 0.662. The first-order chi connectivity index (χ1) is 5.33. The number of H-pyrrole nitrogens is 2. The number of hydrogen-bond donors (Lipinski definition) is 3. The minimum atomic E-state index is 0.0240. The van der Waals surface area contributed by atoms with Crippen LogP contribution in [0.1, 0.15) is 23.6 Å². The standard InChI is InChI=1S/C7H11N3O/c8-3-4-1-2-5-6(4)9-10-7(5)11/h4H,1-3,8H2,(H2,9,10,11). The van der Waals surface area contributed by atoms with Crippen molar-refractivity contribution in [3.63, 3.8) is 0 Å². The molecule has 60 valence electrons. The van der Waals surface area contributed by atoms with Gasteiger partial charge in [0.15, 0.2) is 0 Å². The van der Waals surface area contributed by atoms with Crippen LogP contribution in [0.15, 0.2) is 4.79 Å². The fourth-order valence-electron chi connectivity index (χ4n) is 1.69. The number of aromatic amines is 2. The van der Waals surface area contributed by atoms with Gasteiger partial charge in [0.25, 0.3) is 5.56 Å². The van der Waals surface area contributed by atoms with Gasteiger partial charge in [0.1, 0.15) is 0 Å². The number of aromatic nitrogens is 2. The average Bonchev–Trinajstić information content (AvgIpc) is 2.53. The first kappa shape index (κ1) is 6.67. The molecule has 0 fully saturated rings. The maximum atomic E-state index is 11.0. The van der Waals surface area contributed by atoms with E-state index >= 15 is 0 Å². The molecule has 1 unspecified atom stereocenters. The van der Waals surface area contributed by atoms with Gasteiger partial charge in [-0.1, -0.05) is 0 Å². The highest BCUT2D eigenvalue weighted by Gasteiger charge is 2.24. The van der Waals surface area contributed by atoms with Gasteiger partial charge in [-0.15, -0.1) is 0 Å². The van der Waals surface area contributed by atoms with E-state index in [1.54, 1.807) is 0 Å². The van der Waals surface area contributed by atoms with E-state index in [4.69, 9.17) is 5.73 Å². The fourth-order valence-corrected chi connectivity index (χ4v) is 1.69. The SMILES string of the molecule is NCC1CCc2c1[nH][nH]c2=O. The zero-order chi connectivity index (χ0) is 7.84. The third-order valence-corrected chi connectivity index (χ3v) is 2.35. The highest BCUT2D eigenvalue weighted by molar-refractivity contribution is 5.26. The molecule has 1 aromatic heterocycles. The van der Waals surface area contributed by atoms with E-state index < -0.39 is 0 Å². The third kappa shape index (κ3) is 0.826. The van der Waals surface area contributed by atoms with E-state index in [1.165, 1.54) is 0 Å². The second kappa shape index (κ2) is 2.23. The molecule has 0 spiro atoms. The van der Waals surface area contributed by atoms with Gasteiger partial charge in [-0.2, -0.15) is 0 Å². The first-order valence-electron chi connectivity index (χ1n) is 3.82. The summed E-state index contributed by atoms with van der Waals surface area (Å²) in [5.74, 6) is 0.365. The number of nitrogens with two attached hydrogens (primary N) is 1. The van der Waals surface area contributed by atoms with Crippen LogP contribution in [-0.4, -0.2) is 16.7 Å². The van der Waals surface area contributed by atoms with Crippen molar-refractivity contribution >= 4 is 0 Å². The van der Waals surface area contributed by atoms with E-state index in [-0.39, 0.29) is 5.56 Å². The summed E-state index contributed by atoms with van der Waals surface area (Å²) in [7, 11) is 0. The van der Waals surface area contributed by atoms with Gasteiger partial charge >= 0.3 is 0 Å². The van der Waals surface area contributed by atoms with Crippen LogP contribution in [0, 0.1) is 0 Å². The quantitative estimate of drug-likeness (QED) is 0.517. The normalized spacial score (nSPS) is 22.1. The Kier molecular flexibility index (Phi) is 1.35. The summed E-state index contributed by atoms with van der Waals surface area (Å²) in [5.41, 5.74) is 7.47. The second-order valence-corrected chi connectivity index (χ2v) is 2.94. The zero-order valence-corrected chi connectivity index (χ0v) is 6.18. The number of rotatable bonds is 1. The Morgan fingerprint density at radius 1 is 1.55 bits per heavy atom. The van der Waals surface area contributed by atoms with E-state index in [1.807, 2.05) is 0 Å². The molecule has 0 aromatic carbocycles. The van der Waals surface area contributed by atoms with Crippen molar-refractivity contribution in [1.29, 1.82) is 0 Å². The smallest absolute Gasteiger partial charge is 0.267 e. The van der Waals surface area contributed by atoms with E-state index in [0.29, 0.717) is 12.5 Å². The highest BCUT2D eigenvalue weighted by atomic mass is 16.1. The molecule has 1 aliphatic carbocycles. The average molecular weight is 153 g/mol. The summed E-state index contributed by atoms with van der Waals surface area (Å²) in [6.45, 7) is 0.626. The molecule has 4 nitrogen and oxygen atoms in total. The molecule has 0 amide bonds. The van der Waals surface area contributed by atoms with Crippen LogP contribution in [0.3, 0.4) is 0 Å². The predicted octanol–water partition coefficient (Wildman–Crippen LogP) is -0.309. The Bertz CT molecular complexity index is 312. The summed E-state index contributed by atoms with van der Waals surface area (Å²) in [6, 6.07) is 0. The molecule has 0 radical (unpaired) electrons. The minimum absolute atomic E-state index is 0.0240. The summed E-state index contributed by atoms with van der Waals surface area (Å²) < 4.78 is 0. The molecule has 0 saturated heterocycles. The van der Waals surface area contributed by atoms with Crippen LogP contribution in [0.25, 0.3) is 0 Å². The molecule has 11 heavy (non-hydrogen) atoms. The Morgan fingerprint density at radius 2 is 2.36 bits per heavy atom.